The monoisotopic (exact) mass is 270 g/mol. The molecular weight excluding hydrogens is 252 g/mol. The summed E-state index contributed by atoms with van der Waals surface area (Å²) in [5, 5.41) is 14.0. The van der Waals surface area contributed by atoms with E-state index < -0.39 is 0 Å². The minimum absolute atomic E-state index is 0.125. The Kier molecular flexibility index (Phi) is 4.48. The number of nitro groups is 1. The maximum absolute atomic E-state index is 10.6. The van der Waals surface area contributed by atoms with Crippen LogP contribution in [0.3, 0.4) is 0 Å². The first-order valence-corrected chi connectivity index (χ1v) is 6.59. The fourth-order valence-corrected chi connectivity index (χ4v) is 1.98. The molecule has 0 unspecified atom stereocenters. The first kappa shape index (κ1) is 14.2. The van der Waals surface area contributed by atoms with Crippen molar-refractivity contribution in [2.45, 2.75) is 26.4 Å². The number of rotatable bonds is 5. The first-order valence-electron chi connectivity index (χ1n) is 6.59. The average molecular weight is 270 g/mol. The minimum Gasteiger partial charge on any atom is -0.306 e. The summed E-state index contributed by atoms with van der Waals surface area (Å²) in [4.78, 5) is 10.2. The van der Waals surface area contributed by atoms with E-state index in [1.165, 1.54) is 23.3 Å². The zero-order chi connectivity index (χ0) is 14.5. The normalized spacial score (nSPS) is 12.1. The summed E-state index contributed by atoms with van der Waals surface area (Å²) in [6, 6.07) is 15.3. The zero-order valence-corrected chi connectivity index (χ0v) is 11.7. The molecule has 0 saturated heterocycles. The Balaban J connectivity index is 1.94. The summed E-state index contributed by atoms with van der Waals surface area (Å²) in [5.74, 6) is 0. The SMILES string of the molecule is Cc1ccc([C@H](C)NCc2ccc([N+](=O)[O-])cc2)cc1. The molecule has 0 aliphatic heterocycles. The molecule has 0 radical (unpaired) electrons. The molecule has 0 aliphatic rings. The summed E-state index contributed by atoms with van der Waals surface area (Å²) >= 11 is 0. The van der Waals surface area contributed by atoms with Crippen LogP contribution in [-0.4, -0.2) is 4.92 Å². The fraction of sp³-hybridized carbons (Fsp3) is 0.250. The quantitative estimate of drug-likeness (QED) is 0.665. The van der Waals surface area contributed by atoms with E-state index >= 15 is 0 Å². The Morgan fingerprint density at radius 1 is 1.10 bits per heavy atom. The number of non-ortho nitro benzene ring substituents is 1. The number of benzene rings is 2. The van der Waals surface area contributed by atoms with Crippen LogP contribution < -0.4 is 5.32 Å². The minimum atomic E-state index is -0.383. The van der Waals surface area contributed by atoms with Crippen LogP contribution in [0.2, 0.25) is 0 Å². The van der Waals surface area contributed by atoms with Crippen molar-refractivity contribution in [1.82, 2.24) is 5.32 Å². The molecule has 0 saturated carbocycles. The third kappa shape index (κ3) is 3.65. The van der Waals surface area contributed by atoms with Crippen molar-refractivity contribution in [2.24, 2.45) is 0 Å². The van der Waals surface area contributed by atoms with Crippen LogP contribution in [0.15, 0.2) is 48.5 Å². The Bertz CT molecular complexity index is 576. The number of nitrogens with zero attached hydrogens (tertiary/aromatic N) is 1. The molecule has 0 aromatic heterocycles. The van der Waals surface area contributed by atoms with Gasteiger partial charge in [0.2, 0.25) is 0 Å². The van der Waals surface area contributed by atoms with Gasteiger partial charge in [-0.15, -0.1) is 0 Å². The number of nitro benzene ring substituents is 1. The van der Waals surface area contributed by atoms with Crippen LogP contribution in [0.5, 0.6) is 0 Å². The van der Waals surface area contributed by atoms with E-state index in [2.05, 4.69) is 43.4 Å². The number of aryl methyl sites for hydroxylation is 1. The molecular formula is C16H18N2O2. The van der Waals surface area contributed by atoms with Crippen LogP contribution in [0.1, 0.15) is 29.7 Å². The highest BCUT2D eigenvalue weighted by molar-refractivity contribution is 5.33. The van der Waals surface area contributed by atoms with Crippen molar-refractivity contribution in [1.29, 1.82) is 0 Å². The second kappa shape index (κ2) is 6.30. The predicted molar refractivity (Wildman–Crippen MR) is 79.5 cm³/mol. The molecule has 2 aromatic carbocycles. The van der Waals surface area contributed by atoms with E-state index in [0.29, 0.717) is 6.54 Å². The van der Waals surface area contributed by atoms with Gasteiger partial charge < -0.3 is 5.32 Å². The molecule has 2 aromatic rings. The van der Waals surface area contributed by atoms with Gasteiger partial charge in [0.15, 0.2) is 0 Å². The summed E-state index contributed by atoms with van der Waals surface area (Å²) in [6.07, 6.45) is 0. The van der Waals surface area contributed by atoms with Gasteiger partial charge in [-0.3, -0.25) is 10.1 Å². The highest BCUT2D eigenvalue weighted by Gasteiger charge is 2.06. The highest BCUT2D eigenvalue weighted by Crippen LogP contribution is 2.15. The van der Waals surface area contributed by atoms with Crippen LogP contribution in [0.25, 0.3) is 0 Å². The molecule has 0 fully saturated rings. The van der Waals surface area contributed by atoms with Gasteiger partial charge >= 0.3 is 0 Å². The van der Waals surface area contributed by atoms with E-state index in [1.807, 2.05) is 0 Å². The Morgan fingerprint density at radius 3 is 2.25 bits per heavy atom. The third-order valence-electron chi connectivity index (χ3n) is 3.34. The first-order chi connectivity index (χ1) is 9.56. The molecule has 1 N–H and O–H groups in total. The third-order valence-corrected chi connectivity index (χ3v) is 3.34. The Morgan fingerprint density at radius 2 is 1.70 bits per heavy atom. The lowest BCUT2D eigenvalue weighted by atomic mass is 10.1. The summed E-state index contributed by atoms with van der Waals surface area (Å²) in [7, 11) is 0. The van der Waals surface area contributed by atoms with Gasteiger partial charge in [-0.1, -0.05) is 42.0 Å². The molecule has 20 heavy (non-hydrogen) atoms. The second-order valence-electron chi connectivity index (χ2n) is 4.94. The van der Waals surface area contributed by atoms with Crippen molar-refractivity contribution >= 4 is 5.69 Å². The lowest BCUT2D eigenvalue weighted by Gasteiger charge is -2.14. The molecule has 4 heteroatoms. The standard InChI is InChI=1S/C16H18N2O2/c1-12-3-7-15(8-4-12)13(2)17-11-14-5-9-16(10-6-14)18(19)20/h3-10,13,17H,11H2,1-2H3/t13-/m0/s1. The lowest BCUT2D eigenvalue weighted by molar-refractivity contribution is -0.384. The number of hydrogen-bond acceptors (Lipinski definition) is 3. The van der Waals surface area contributed by atoms with Gasteiger partial charge in [0.05, 0.1) is 4.92 Å². The van der Waals surface area contributed by atoms with Gasteiger partial charge in [0.1, 0.15) is 0 Å². The Hall–Kier alpha value is -2.20. The summed E-state index contributed by atoms with van der Waals surface area (Å²) in [5.41, 5.74) is 3.64. The van der Waals surface area contributed by atoms with Gasteiger partial charge in [-0.25, -0.2) is 0 Å². The molecule has 104 valence electrons. The van der Waals surface area contributed by atoms with E-state index in [4.69, 9.17) is 0 Å². The van der Waals surface area contributed by atoms with Crippen molar-refractivity contribution in [3.05, 3.63) is 75.3 Å². The molecule has 4 nitrogen and oxygen atoms in total. The Labute approximate surface area is 118 Å². The predicted octanol–water partition coefficient (Wildman–Crippen LogP) is 3.75. The van der Waals surface area contributed by atoms with Crippen LogP contribution in [0.4, 0.5) is 5.69 Å². The van der Waals surface area contributed by atoms with Crippen molar-refractivity contribution in [3.63, 3.8) is 0 Å². The molecule has 1 atom stereocenters. The molecule has 0 aliphatic carbocycles. The molecule has 0 heterocycles. The van der Waals surface area contributed by atoms with Gasteiger partial charge in [-0.2, -0.15) is 0 Å². The van der Waals surface area contributed by atoms with Crippen molar-refractivity contribution in [3.8, 4) is 0 Å². The summed E-state index contributed by atoms with van der Waals surface area (Å²) in [6.45, 7) is 4.86. The average Bonchev–Trinajstić information content (AvgIpc) is 2.46. The topological polar surface area (TPSA) is 55.2 Å². The summed E-state index contributed by atoms with van der Waals surface area (Å²) < 4.78 is 0. The van der Waals surface area contributed by atoms with Crippen LogP contribution in [-0.2, 0) is 6.54 Å². The molecule has 0 bridgehead atoms. The highest BCUT2D eigenvalue weighted by atomic mass is 16.6. The maximum atomic E-state index is 10.6. The largest absolute Gasteiger partial charge is 0.306 e. The number of hydrogen-bond donors (Lipinski definition) is 1. The van der Waals surface area contributed by atoms with Crippen molar-refractivity contribution in [2.75, 3.05) is 0 Å². The molecule has 0 spiro atoms. The van der Waals surface area contributed by atoms with Crippen molar-refractivity contribution < 1.29 is 4.92 Å². The zero-order valence-electron chi connectivity index (χ0n) is 11.7. The van der Waals surface area contributed by atoms with E-state index in [1.54, 1.807) is 12.1 Å². The van der Waals surface area contributed by atoms with Gasteiger partial charge in [-0.05, 0) is 25.0 Å². The maximum Gasteiger partial charge on any atom is 0.269 e. The van der Waals surface area contributed by atoms with Crippen LogP contribution in [0, 0.1) is 17.0 Å². The smallest absolute Gasteiger partial charge is 0.269 e. The van der Waals surface area contributed by atoms with Crippen LogP contribution >= 0.6 is 0 Å². The molecule has 0 amide bonds. The lowest BCUT2D eigenvalue weighted by Crippen LogP contribution is -2.18. The number of nitrogens with one attached hydrogen (secondary N) is 1. The fourth-order valence-electron chi connectivity index (χ4n) is 1.98. The van der Waals surface area contributed by atoms with E-state index in [-0.39, 0.29) is 16.7 Å². The van der Waals surface area contributed by atoms with E-state index in [0.717, 1.165) is 5.56 Å². The van der Waals surface area contributed by atoms with Gasteiger partial charge in [0, 0.05) is 24.7 Å². The van der Waals surface area contributed by atoms with E-state index in [9.17, 15) is 10.1 Å². The molecule has 2 rings (SSSR count). The second-order valence-corrected chi connectivity index (χ2v) is 4.94. The van der Waals surface area contributed by atoms with Gasteiger partial charge in [0.25, 0.3) is 5.69 Å².